The standard InChI is InChI=1S/C7H12Cl3N3/c8-7(9,10)6(11)12-13-4-2-1-3-5-13/h1-5H2,(H2,11,12). The van der Waals surface area contributed by atoms with E-state index in [-0.39, 0.29) is 5.84 Å². The van der Waals surface area contributed by atoms with Gasteiger partial charge in [0.25, 0.3) is 0 Å². The highest BCUT2D eigenvalue weighted by molar-refractivity contribution is 6.76. The van der Waals surface area contributed by atoms with Gasteiger partial charge in [-0.05, 0) is 19.3 Å². The summed E-state index contributed by atoms with van der Waals surface area (Å²) >= 11 is 16.7. The van der Waals surface area contributed by atoms with Crippen molar-refractivity contribution in [1.29, 1.82) is 0 Å². The van der Waals surface area contributed by atoms with Crippen LogP contribution in [0.4, 0.5) is 0 Å². The molecule has 0 saturated carbocycles. The van der Waals surface area contributed by atoms with Crippen LogP contribution in [0.2, 0.25) is 0 Å². The number of rotatable bonds is 1. The van der Waals surface area contributed by atoms with Crippen molar-refractivity contribution in [2.24, 2.45) is 10.8 Å². The molecule has 1 aliphatic heterocycles. The van der Waals surface area contributed by atoms with Crippen LogP contribution in [0.15, 0.2) is 5.10 Å². The first-order chi connectivity index (χ1) is 6.00. The van der Waals surface area contributed by atoms with Crippen LogP contribution in [0.5, 0.6) is 0 Å². The number of hydrogen-bond acceptors (Lipinski definition) is 2. The summed E-state index contributed by atoms with van der Waals surface area (Å²) in [6, 6.07) is 0. The highest BCUT2D eigenvalue weighted by Gasteiger charge is 2.26. The average Bonchev–Trinajstić information content (AvgIpc) is 2.04. The highest BCUT2D eigenvalue weighted by Crippen LogP contribution is 2.26. The first-order valence-electron chi connectivity index (χ1n) is 4.16. The highest BCUT2D eigenvalue weighted by atomic mass is 35.6. The minimum Gasteiger partial charge on any atom is -0.382 e. The van der Waals surface area contributed by atoms with Crippen molar-refractivity contribution in [3.05, 3.63) is 0 Å². The third kappa shape index (κ3) is 3.79. The van der Waals surface area contributed by atoms with Gasteiger partial charge >= 0.3 is 0 Å². The molecule has 76 valence electrons. The van der Waals surface area contributed by atoms with Crippen LogP contribution in [0.1, 0.15) is 19.3 Å². The molecule has 13 heavy (non-hydrogen) atoms. The second-order valence-corrected chi connectivity index (χ2v) is 5.28. The minimum absolute atomic E-state index is 0.0411. The van der Waals surface area contributed by atoms with Crippen LogP contribution < -0.4 is 5.73 Å². The fourth-order valence-corrected chi connectivity index (χ4v) is 1.30. The molecule has 1 fully saturated rings. The summed E-state index contributed by atoms with van der Waals surface area (Å²) in [6.07, 6.45) is 3.48. The third-order valence-corrected chi connectivity index (χ3v) is 2.45. The Morgan fingerprint density at radius 2 is 1.69 bits per heavy atom. The van der Waals surface area contributed by atoms with Gasteiger partial charge in [-0.3, -0.25) is 5.01 Å². The molecule has 0 aromatic carbocycles. The van der Waals surface area contributed by atoms with Crippen LogP contribution >= 0.6 is 34.8 Å². The Balaban J connectivity index is 2.53. The third-order valence-electron chi connectivity index (χ3n) is 1.87. The van der Waals surface area contributed by atoms with Gasteiger partial charge in [0.1, 0.15) is 0 Å². The topological polar surface area (TPSA) is 41.6 Å². The molecule has 1 heterocycles. The van der Waals surface area contributed by atoms with E-state index < -0.39 is 3.79 Å². The lowest BCUT2D eigenvalue weighted by Crippen LogP contribution is -2.34. The zero-order valence-electron chi connectivity index (χ0n) is 7.14. The quantitative estimate of drug-likeness (QED) is 0.436. The van der Waals surface area contributed by atoms with Crippen molar-refractivity contribution in [3.63, 3.8) is 0 Å². The smallest absolute Gasteiger partial charge is 0.249 e. The van der Waals surface area contributed by atoms with Gasteiger partial charge < -0.3 is 5.73 Å². The van der Waals surface area contributed by atoms with Gasteiger partial charge in [-0.1, -0.05) is 34.8 Å². The molecule has 6 heteroatoms. The van der Waals surface area contributed by atoms with Gasteiger partial charge in [-0.2, -0.15) is 5.10 Å². The van der Waals surface area contributed by atoms with Crippen molar-refractivity contribution in [2.75, 3.05) is 13.1 Å². The molecule has 1 rings (SSSR count). The van der Waals surface area contributed by atoms with Gasteiger partial charge in [0.05, 0.1) is 0 Å². The second-order valence-electron chi connectivity index (χ2n) is 3.00. The van der Waals surface area contributed by atoms with E-state index in [0.29, 0.717) is 0 Å². The summed E-state index contributed by atoms with van der Waals surface area (Å²) in [5, 5.41) is 5.89. The maximum atomic E-state index is 5.55. The molecular weight excluding hydrogens is 232 g/mol. The summed E-state index contributed by atoms with van der Waals surface area (Å²) in [6.45, 7) is 1.78. The molecule has 0 aliphatic carbocycles. The Morgan fingerprint density at radius 3 is 2.15 bits per heavy atom. The number of hydrazone groups is 1. The number of nitrogens with zero attached hydrogens (tertiary/aromatic N) is 2. The number of hydrogen-bond donors (Lipinski definition) is 1. The molecule has 1 aliphatic rings. The average molecular weight is 245 g/mol. The zero-order valence-corrected chi connectivity index (χ0v) is 9.41. The first kappa shape index (κ1) is 11.2. The van der Waals surface area contributed by atoms with Crippen molar-refractivity contribution in [1.82, 2.24) is 5.01 Å². The Morgan fingerprint density at radius 1 is 1.15 bits per heavy atom. The minimum atomic E-state index is -1.59. The van der Waals surface area contributed by atoms with Crippen LogP contribution in [-0.2, 0) is 0 Å². The van der Waals surface area contributed by atoms with Crippen LogP contribution in [-0.4, -0.2) is 27.7 Å². The van der Waals surface area contributed by atoms with Gasteiger partial charge in [0, 0.05) is 13.1 Å². The number of nitrogens with two attached hydrogens (primary N) is 1. The summed E-state index contributed by atoms with van der Waals surface area (Å²) in [5.41, 5.74) is 5.49. The molecule has 0 radical (unpaired) electrons. The zero-order chi connectivity index (χ0) is 9.90. The van der Waals surface area contributed by atoms with Gasteiger partial charge in [0.2, 0.25) is 3.79 Å². The Bertz CT molecular complexity index is 194. The van der Waals surface area contributed by atoms with Gasteiger partial charge in [0.15, 0.2) is 5.84 Å². The fraction of sp³-hybridized carbons (Fsp3) is 0.857. The molecule has 0 aromatic heterocycles. The first-order valence-corrected chi connectivity index (χ1v) is 5.30. The van der Waals surface area contributed by atoms with E-state index in [1.165, 1.54) is 6.42 Å². The molecule has 0 amide bonds. The summed E-state index contributed by atoms with van der Waals surface area (Å²) < 4.78 is -1.59. The van der Waals surface area contributed by atoms with E-state index in [9.17, 15) is 0 Å². The summed E-state index contributed by atoms with van der Waals surface area (Å²) in [4.78, 5) is 0. The second kappa shape index (κ2) is 4.58. The Labute approximate surface area is 92.8 Å². The lowest BCUT2D eigenvalue weighted by Gasteiger charge is -2.25. The van der Waals surface area contributed by atoms with Crippen molar-refractivity contribution < 1.29 is 0 Å². The maximum absolute atomic E-state index is 5.55. The predicted octanol–water partition coefficient (Wildman–Crippen LogP) is 2.11. The Kier molecular flexibility index (Phi) is 3.95. The normalized spacial score (nSPS) is 20.5. The van der Waals surface area contributed by atoms with E-state index in [2.05, 4.69) is 5.10 Å². The van der Waals surface area contributed by atoms with Crippen LogP contribution in [0.3, 0.4) is 0 Å². The van der Waals surface area contributed by atoms with E-state index in [4.69, 9.17) is 40.5 Å². The molecule has 0 atom stereocenters. The summed E-state index contributed by atoms with van der Waals surface area (Å²) in [7, 11) is 0. The van der Waals surface area contributed by atoms with Crippen LogP contribution in [0.25, 0.3) is 0 Å². The molecule has 0 unspecified atom stereocenters. The maximum Gasteiger partial charge on any atom is 0.249 e. The molecular formula is C7H12Cl3N3. The lowest BCUT2D eigenvalue weighted by molar-refractivity contribution is 0.238. The molecule has 0 bridgehead atoms. The largest absolute Gasteiger partial charge is 0.382 e. The van der Waals surface area contributed by atoms with E-state index in [1.54, 1.807) is 0 Å². The molecule has 0 spiro atoms. The lowest BCUT2D eigenvalue weighted by atomic mass is 10.2. The predicted molar refractivity (Wildman–Crippen MR) is 57.3 cm³/mol. The van der Waals surface area contributed by atoms with Gasteiger partial charge in [-0.25, -0.2) is 0 Å². The number of amidine groups is 1. The summed E-state index contributed by atoms with van der Waals surface area (Å²) in [5.74, 6) is 0.0411. The van der Waals surface area contributed by atoms with Gasteiger partial charge in [-0.15, -0.1) is 0 Å². The van der Waals surface area contributed by atoms with E-state index >= 15 is 0 Å². The molecule has 1 saturated heterocycles. The van der Waals surface area contributed by atoms with E-state index in [0.717, 1.165) is 25.9 Å². The Hall–Kier alpha value is 0.140. The number of alkyl halides is 3. The SMILES string of the molecule is N/C(=N/N1CCCCC1)C(Cl)(Cl)Cl. The molecule has 0 aromatic rings. The molecule has 3 nitrogen and oxygen atoms in total. The van der Waals surface area contributed by atoms with E-state index in [1.807, 2.05) is 5.01 Å². The number of piperidine rings is 1. The monoisotopic (exact) mass is 243 g/mol. The van der Waals surface area contributed by atoms with Crippen LogP contribution in [0, 0.1) is 0 Å². The van der Waals surface area contributed by atoms with Crippen molar-refractivity contribution in [3.8, 4) is 0 Å². The molecule has 2 N–H and O–H groups in total. The van der Waals surface area contributed by atoms with Crippen molar-refractivity contribution >= 4 is 40.6 Å². The fourth-order valence-electron chi connectivity index (χ4n) is 1.19. The van der Waals surface area contributed by atoms with Crippen molar-refractivity contribution in [2.45, 2.75) is 23.1 Å². The number of halogens is 3.